The van der Waals surface area contributed by atoms with E-state index in [2.05, 4.69) is 0 Å². The third kappa shape index (κ3) is 1.84. The molecule has 0 spiro atoms. The zero-order valence-electron chi connectivity index (χ0n) is 7.11. The first kappa shape index (κ1) is 9.25. The number of primary amides is 1. The highest BCUT2D eigenvalue weighted by Gasteiger charge is 2.16. The fourth-order valence-electron chi connectivity index (χ4n) is 0.965. The summed E-state index contributed by atoms with van der Waals surface area (Å²) in [5, 5.41) is 0. The topological polar surface area (TPSA) is 69.4 Å². The zero-order chi connectivity index (χ0) is 9.84. The molecule has 0 atom stereocenters. The van der Waals surface area contributed by atoms with Crippen molar-refractivity contribution < 1.29 is 14.3 Å². The van der Waals surface area contributed by atoms with Crippen LogP contribution in [0.1, 0.15) is 10.4 Å². The molecule has 0 bridgehead atoms. The largest absolute Gasteiger partial charge is 0.496 e. The highest BCUT2D eigenvalue weighted by atomic mass is 16.5. The number of nitrogens with two attached hydrogens (primary N) is 1. The van der Waals surface area contributed by atoms with Gasteiger partial charge in [-0.2, -0.15) is 0 Å². The van der Waals surface area contributed by atoms with E-state index >= 15 is 0 Å². The van der Waals surface area contributed by atoms with Crippen LogP contribution in [0, 0.1) is 0 Å². The second-order valence-electron chi connectivity index (χ2n) is 2.39. The van der Waals surface area contributed by atoms with Crippen LogP contribution in [0.4, 0.5) is 0 Å². The summed E-state index contributed by atoms with van der Waals surface area (Å²) in [6.45, 7) is 0. The minimum atomic E-state index is -0.982. The van der Waals surface area contributed by atoms with E-state index in [0.29, 0.717) is 5.75 Å². The van der Waals surface area contributed by atoms with Gasteiger partial charge in [0.2, 0.25) is 0 Å². The Hall–Kier alpha value is -1.84. The number of Topliss-reactive ketones (excluding diaryl/α,β-unsaturated/α-hetero) is 1. The molecule has 1 aromatic carbocycles. The maximum absolute atomic E-state index is 11.2. The van der Waals surface area contributed by atoms with Gasteiger partial charge in [-0.3, -0.25) is 9.59 Å². The fourth-order valence-corrected chi connectivity index (χ4v) is 0.965. The van der Waals surface area contributed by atoms with E-state index in [-0.39, 0.29) is 5.56 Å². The van der Waals surface area contributed by atoms with Crippen LogP contribution in [0.25, 0.3) is 0 Å². The van der Waals surface area contributed by atoms with Crippen molar-refractivity contribution in [2.75, 3.05) is 7.11 Å². The molecule has 0 aliphatic heterocycles. The van der Waals surface area contributed by atoms with Crippen LogP contribution < -0.4 is 10.5 Å². The van der Waals surface area contributed by atoms with Crippen molar-refractivity contribution in [1.29, 1.82) is 0 Å². The summed E-state index contributed by atoms with van der Waals surface area (Å²) < 4.78 is 4.89. The summed E-state index contributed by atoms with van der Waals surface area (Å²) in [4.78, 5) is 21.8. The van der Waals surface area contributed by atoms with Crippen LogP contribution in [-0.2, 0) is 4.79 Å². The molecular weight excluding hydrogens is 170 g/mol. The Morgan fingerprint density at radius 2 is 1.92 bits per heavy atom. The second-order valence-corrected chi connectivity index (χ2v) is 2.39. The molecule has 0 aliphatic carbocycles. The van der Waals surface area contributed by atoms with Gasteiger partial charge < -0.3 is 10.5 Å². The molecule has 0 saturated heterocycles. The molecule has 0 radical (unpaired) electrons. The molecule has 0 saturated carbocycles. The summed E-state index contributed by atoms with van der Waals surface area (Å²) in [7, 11) is 1.42. The number of ether oxygens (including phenoxy) is 1. The molecule has 4 nitrogen and oxygen atoms in total. The first-order chi connectivity index (χ1) is 6.16. The standard InChI is InChI=1S/C9H9NO3/c1-13-7-5-3-2-4-6(7)8(11)9(10)12/h2-5H,1H3,(H2,10,12). The molecule has 4 heteroatoms. The van der Waals surface area contributed by atoms with Crippen LogP contribution in [-0.4, -0.2) is 18.8 Å². The molecule has 1 aromatic rings. The number of carbonyl (C=O) groups is 2. The molecule has 13 heavy (non-hydrogen) atoms. The van der Waals surface area contributed by atoms with E-state index < -0.39 is 11.7 Å². The van der Waals surface area contributed by atoms with Crippen molar-refractivity contribution in [2.24, 2.45) is 5.73 Å². The third-order valence-corrected chi connectivity index (χ3v) is 1.58. The number of methoxy groups -OCH3 is 1. The number of hydrogen-bond acceptors (Lipinski definition) is 3. The Kier molecular flexibility index (Phi) is 2.64. The average molecular weight is 179 g/mol. The molecule has 1 rings (SSSR count). The van der Waals surface area contributed by atoms with Crippen molar-refractivity contribution in [2.45, 2.75) is 0 Å². The first-order valence-electron chi connectivity index (χ1n) is 3.64. The highest BCUT2D eigenvalue weighted by molar-refractivity contribution is 6.42. The summed E-state index contributed by atoms with van der Waals surface area (Å²) >= 11 is 0. The predicted octanol–water partition coefficient (Wildman–Crippen LogP) is 0.363. The summed E-state index contributed by atoms with van der Waals surface area (Å²) in [5.74, 6) is -1.37. The summed E-state index contributed by atoms with van der Waals surface area (Å²) in [6.07, 6.45) is 0. The number of benzene rings is 1. The summed E-state index contributed by atoms with van der Waals surface area (Å²) in [5.41, 5.74) is 5.04. The Morgan fingerprint density at radius 3 is 2.46 bits per heavy atom. The van der Waals surface area contributed by atoms with E-state index in [4.69, 9.17) is 10.5 Å². The lowest BCUT2D eigenvalue weighted by Gasteiger charge is -2.03. The fraction of sp³-hybridized carbons (Fsp3) is 0.111. The van der Waals surface area contributed by atoms with Gasteiger partial charge in [0, 0.05) is 0 Å². The van der Waals surface area contributed by atoms with Gasteiger partial charge >= 0.3 is 0 Å². The first-order valence-corrected chi connectivity index (χ1v) is 3.64. The van der Waals surface area contributed by atoms with Gasteiger partial charge in [0.05, 0.1) is 12.7 Å². The van der Waals surface area contributed by atoms with Gasteiger partial charge in [0.1, 0.15) is 5.75 Å². The van der Waals surface area contributed by atoms with E-state index in [1.54, 1.807) is 18.2 Å². The lowest BCUT2D eigenvalue weighted by molar-refractivity contribution is -0.114. The van der Waals surface area contributed by atoms with Crippen molar-refractivity contribution in [3.05, 3.63) is 29.8 Å². The van der Waals surface area contributed by atoms with Crippen LogP contribution in [0.2, 0.25) is 0 Å². The molecule has 2 N–H and O–H groups in total. The number of ketones is 1. The normalized spacial score (nSPS) is 9.31. The molecule has 1 amide bonds. The van der Waals surface area contributed by atoms with Gasteiger partial charge in [0.15, 0.2) is 0 Å². The van der Waals surface area contributed by atoms with Crippen LogP contribution in [0.5, 0.6) is 5.75 Å². The smallest absolute Gasteiger partial charge is 0.289 e. The van der Waals surface area contributed by atoms with Crippen molar-refractivity contribution in [1.82, 2.24) is 0 Å². The maximum Gasteiger partial charge on any atom is 0.289 e. The highest BCUT2D eigenvalue weighted by Crippen LogP contribution is 2.17. The predicted molar refractivity (Wildman–Crippen MR) is 46.5 cm³/mol. The minimum absolute atomic E-state index is 0.192. The quantitative estimate of drug-likeness (QED) is 0.538. The molecule has 0 aliphatic rings. The van der Waals surface area contributed by atoms with Gasteiger partial charge in [-0.25, -0.2) is 0 Å². The number of para-hydroxylation sites is 1. The summed E-state index contributed by atoms with van der Waals surface area (Å²) in [6, 6.07) is 6.43. The molecular formula is C9H9NO3. The number of carbonyl (C=O) groups excluding carboxylic acids is 2. The van der Waals surface area contributed by atoms with Crippen LogP contribution in [0.3, 0.4) is 0 Å². The molecule has 68 valence electrons. The Bertz CT molecular complexity index is 346. The van der Waals surface area contributed by atoms with Crippen molar-refractivity contribution >= 4 is 11.7 Å². The number of amides is 1. The molecule has 0 unspecified atom stereocenters. The van der Waals surface area contributed by atoms with E-state index in [1.165, 1.54) is 13.2 Å². The molecule has 0 heterocycles. The van der Waals surface area contributed by atoms with Crippen molar-refractivity contribution in [3.8, 4) is 5.75 Å². The van der Waals surface area contributed by atoms with E-state index in [1.807, 2.05) is 0 Å². The Morgan fingerprint density at radius 1 is 1.31 bits per heavy atom. The number of rotatable bonds is 3. The second kappa shape index (κ2) is 3.71. The van der Waals surface area contributed by atoms with Crippen LogP contribution >= 0.6 is 0 Å². The lowest BCUT2D eigenvalue weighted by Crippen LogP contribution is -2.23. The maximum atomic E-state index is 11.2. The Labute approximate surface area is 75.3 Å². The number of hydrogen-bond donors (Lipinski definition) is 1. The Balaban J connectivity index is 3.13. The van der Waals surface area contributed by atoms with Gasteiger partial charge in [0.25, 0.3) is 11.7 Å². The van der Waals surface area contributed by atoms with Gasteiger partial charge in [-0.1, -0.05) is 12.1 Å². The SMILES string of the molecule is COc1ccccc1C(=O)C(N)=O. The van der Waals surface area contributed by atoms with E-state index in [9.17, 15) is 9.59 Å². The molecule has 0 aromatic heterocycles. The van der Waals surface area contributed by atoms with Gasteiger partial charge in [-0.05, 0) is 12.1 Å². The van der Waals surface area contributed by atoms with Crippen LogP contribution in [0.15, 0.2) is 24.3 Å². The zero-order valence-corrected chi connectivity index (χ0v) is 7.11. The van der Waals surface area contributed by atoms with Gasteiger partial charge in [-0.15, -0.1) is 0 Å². The average Bonchev–Trinajstić information content (AvgIpc) is 2.16. The third-order valence-electron chi connectivity index (χ3n) is 1.58. The monoisotopic (exact) mass is 179 g/mol. The molecule has 0 fully saturated rings. The lowest BCUT2D eigenvalue weighted by atomic mass is 10.1. The van der Waals surface area contributed by atoms with Crippen molar-refractivity contribution in [3.63, 3.8) is 0 Å². The minimum Gasteiger partial charge on any atom is -0.496 e. The van der Waals surface area contributed by atoms with E-state index in [0.717, 1.165) is 0 Å².